The largest absolute Gasteiger partial charge is 0.379 e. The van der Waals surface area contributed by atoms with E-state index in [-0.39, 0.29) is 0 Å². The fraction of sp³-hybridized carbons (Fsp3) is 1.00. The minimum absolute atomic E-state index is 1.36. The lowest BCUT2D eigenvalue weighted by Gasteiger charge is -2.35. The summed E-state index contributed by atoms with van der Waals surface area (Å²) < 4.78 is 59.4. The molecule has 0 aliphatic rings. The monoisotopic (exact) mass is 508 g/mol. The molecule has 7 heteroatoms. The second-order valence-corrected chi connectivity index (χ2v) is 9.59. The molecular formula is C27H56F6N+. The van der Waals surface area contributed by atoms with Crippen LogP contribution in [0.1, 0.15) is 136 Å². The van der Waals surface area contributed by atoms with Crippen molar-refractivity contribution in [1.29, 1.82) is 0 Å². The van der Waals surface area contributed by atoms with Crippen LogP contribution >= 0.6 is 0 Å². The molecule has 0 aromatic rings. The highest BCUT2D eigenvalue weighted by molar-refractivity contribution is 4.51. The molecule has 0 radical (unpaired) electrons. The van der Waals surface area contributed by atoms with E-state index in [2.05, 4.69) is 27.8 Å². The van der Waals surface area contributed by atoms with Gasteiger partial charge in [-0.2, -0.15) is 26.3 Å². The van der Waals surface area contributed by atoms with Crippen LogP contribution in [0.15, 0.2) is 0 Å². The molecule has 0 fully saturated rings. The number of rotatable bonds is 21. The Morgan fingerprint density at radius 3 is 0.765 bits per heavy atom. The van der Waals surface area contributed by atoms with Gasteiger partial charge in [-0.25, -0.2) is 0 Å². The molecule has 0 amide bonds. The van der Waals surface area contributed by atoms with Gasteiger partial charge < -0.3 is 4.48 Å². The van der Waals surface area contributed by atoms with Crippen LogP contribution in [0.3, 0.4) is 0 Å². The zero-order chi connectivity index (χ0) is 26.5. The lowest BCUT2D eigenvalue weighted by Crippen LogP contribution is -2.46. The summed E-state index contributed by atoms with van der Waals surface area (Å²) in [6.45, 7) is 3.89. The molecule has 0 aromatic carbocycles. The van der Waals surface area contributed by atoms with Gasteiger partial charge in [0.05, 0.1) is 26.7 Å². The van der Waals surface area contributed by atoms with Crippen molar-refractivity contribution >= 4 is 0 Å². The topological polar surface area (TPSA) is 0 Å². The van der Waals surface area contributed by atoms with E-state index >= 15 is 0 Å². The fourth-order valence-corrected chi connectivity index (χ4v) is 4.16. The van der Waals surface area contributed by atoms with Crippen LogP contribution in [-0.4, -0.2) is 44.5 Å². The zero-order valence-corrected chi connectivity index (χ0v) is 22.7. The van der Waals surface area contributed by atoms with Gasteiger partial charge in [-0.1, -0.05) is 97.8 Å². The summed E-state index contributed by atoms with van der Waals surface area (Å²) >= 11 is 0. The second-order valence-electron chi connectivity index (χ2n) is 9.59. The lowest BCUT2D eigenvalue weighted by atomic mass is 10.1. The predicted molar refractivity (Wildman–Crippen MR) is 135 cm³/mol. The molecule has 0 saturated carbocycles. The minimum Gasteiger partial charge on any atom is -0.326 e. The van der Waals surface area contributed by atoms with Crippen molar-refractivity contribution < 1.29 is 30.8 Å². The van der Waals surface area contributed by atoms with Crippen LogP contribution in [-0.2, 0) is 0 Å². The molecule has 0 atom stereocenters. The maximum atomic E-state index is 9.67. The number of unbranched alkanes of at least 4 members (excludes halogenated alkanes) is 15. The van der Waals surface area contributed by atoms with Crippen LogP contribution in [0.5, 0.6) is 0 Å². The van der Waals surface area contributed by atoms with E-state index in [4.69, 9.17) is 0 Å². The summed E-state index contributed by atoms with van der Waals surface area (Å²) in [6.07, 6.45) is 25.9. The van der Waals surface area contributed by atoms with Gasteiger partial charge in [0.25, 0.3) is 0 Å². The highest BCUT2D eigenvalue weighted by atomic mass is 19.4. The van der Waals surface area contributed by atoms with Crippen molar-refractivity contribution in [1.82, 2.24) is 0 Å². The van der Waals surface area contributed by atoms with Crippen LogP contribution in [0.4, 0.5) is 26.3 Å². The Labute approximate surface area is 207 Å². The number of halogens is 6. The van der Waals surface area contributed by atoms with Gasteiger partial charge in [0.2, 0.25) is 0 Å². The maximum Gasteiger partial charge on any atom is 0.379 e. The van der Waals surface area contributed by atoms with Gasteiger partial charge in [0, 0.05) is 0 Å². The first-order chi connectivity index (χ1) is 16.1. The number of nitrogens with zero attached hydrogens (tertiary/aromatic N) is 1. The van der Waals surface area contributed by atoms with Crippen molar-refractivity contribution in [2.45, 2.75) is 150 Å². The minimum atomic E-state index is -3.67. The quantitative estimate of drug-likeness (QED) is 0.0821. The summed E-state index contributed by atoms with van der Waals surface area (Å²) in [6, 6.07) is 0. The first-order valence-electron chi connectivity index (χ1n) is 13.8. The van der Waals surface area contributed by atoms with E-state index in [1.54, 1.807) is 0 Å². The molecule has 0 aliphatic heterocycles. The Balaban J connectivity index is -0.00000103. The average molecular weight is 509 g/mol. The van der Waals surface area contributed by atoms with Crippen LogP contribution in [0.2, 0.25) is 0 Å². The van der Waals surface area contributed by atoms with Crippen LogP contribution in [0.25, 0.3) is 0 Å². The first-order valence-corrected chi connectivity index (χ1v) is 13.8. The van der Waals surface area contributed by atoms with E-state index in [9.17, 15) is 26.3 Å². The van der Waals surface area contributed by atoms with Crippen LogP contribution in [0, 0.1) is 0 Å². The SMILES string of the molecule is CCCCCCCC[N+](C)(CCCCCCCC)CCCCCCCC.FC(F)F.FC(F)F. The van der Waals surface area contributed by atoms with E-state index in [1.165, 1.54) is 140 Å². The van der Waals surface area contributed by atoms with Gasteiger partial charge in [0.1, 0.15) is 0 Å². The van der Waals surface area contributed by atoms with E-state index in [0.29, 0.717) is 0 Å². The third-order valence-electron chi connectivity index (χ3n) is 6.15. The Kier molecular flexibility index (Phi) is 34.2. The smallest absolute Gasteiger partial charge is 0.326 e. The summed E-state index contributed by atoms with van der Waals surface area (Å²) in [7, 11) is 2.56. The summed E-state index contributed by atoms with van der Waals surface area (Å²) in [5.74, 6) is 0. The fourth-order valence-electron chi connectivity index (χ4n) is 4.16. The molecule has 0 saturated heterocycles. The molecule has 34 heavy (non-hydrogen) atoms. The van der Waals surface area contributed by atoms with Gasteiger partial charge in [-0.05, 0) is 38.5 Å². The van der Waals surface area contributed by atoms with Crippen molar-refractivity contribution in [2.75, 3.05) is 26.7 Å². The van der Waals surface area contributed by atoms with Gasteiger partial charge in [-0.15, -0.1) is 0 Å². The molecule has 1 nitrogen and oxygen atoms in total. The molecule has 0 aliphatic carbocycles. The van der Waals surface area contributed by atoms with Crippen molar-refractivity contribution in [2.24, 2.45) is 0 Å². The highest BCUT2D eigenvalue weighted by Crippen LogP contribution is 2.16. The molecule has 0 aromatic heterocycles. The predicted octanol–water partition coefficient (Wildman–Crippen LogP) is 10.9. The van der Waals surface area contributed by atoms with Crippen molar-refractivity contribution in [3.05, 3.63) is 0 Å². The number of hydrogen-bond donors (Lipinski definition) is 0. The Hall–Kier alpha value is -0.460. The average Bonchev–Trinajstić information content (AvgIpc) is 2.75. The Morgan fingerprint density at radius 1 is 0.382 bits per heavy atom. The highest BCUT2D eigenvalue weighted by Gasteiger charge is 2.20. The number of quaternary nitrogens is 1. The summed E-state index contributed by atoms with van der Waals surface area (Å²) in [4.78, 5) is 0. The lowest BCUT2D eigenvalue weighted by molar-refractivity contribution is -0.910. The number of hydrogen-bond acceptors (Lipinski definition) is 0. The first kappa shape index (κ1) is 38.1. The summed E-state index contributed by atoms with van der Waals surface area (Å²) in [5.41, 5.74) is 0. The van der Waals surface area contributed by atoms with Gasteiger partial charge >= 0.3 is 13.4 Å². The third-order valence-corrected chi connectivity index (χ3v) is 6.15. The normalized spacial score (nSPS) is 11.3. The molecule has 0 spiro atoms. The Morgan fingerprint density at radius 2 is 0.559 bits per heavy atom. The molecule has 0 N–H and O–H groups in total. The molecule has 0 heterocycles. The van der Waals surface area contributed by atoms with Gasteiger partial charge in [0.15, 0.2) is 0 Å². The third kappa shape index (κ3) is 41.8. The summed E-state index contributed by atoms with van der Waals surface area (Å²) in [5, 5.41) is 0. The van der Waals surface area contributed by atoms with E-state index in [0.717, 1.165) is 0 Å². The van der Waals surface area contributed by atoms with E-state index < -0.39 is 13.4 Å². The standard InChI is InChI=1S/C25H54N.2CHF3/c1-5-8-11-14-17-20-23-26(4,24-21-18-15-12-9-6-2)25-22-19-16-13-10-7-3;2*2-1(3)4/h5-25H2,1-4H3;2*1H/q+1;;. The Bertz CT molecular complexity index is 304. The van der Waals surface area contributed by atoms with E-state index in [1.807, 2.05) is 0 Å². The van der Waals surface area contributed by atoms with Crippen molar-refractivity contribution in [3.8, 4) is 0 Å². The second kappa shape index (κ2) is 30.6. The van der Waals surface area contributed by atoms with Crippen molar-refractivity contribution in [3.63, 3.8) is 0 Å². The van der Waals surface area contributed by atoms with Gasteiger partial charge in [-0.3, -0.25) is 0 Å². The number of alkyl halides is 6. The molecule has 210 valence electrons. The molecule has 0 bridgehead atoms. The molecule has 0 unspecified atom stereocenters. The molecule has 0 rings (SSSR count). The van der Waals surface area contributed by atoms with Crippen LogP contribution < -0.4 is 0 Å². The zero-order valence-electron chi connectivity index (χ0n) is 22.7. The maximum absolute atomic E-state index is 9.67. The molecular weight excluding hydrogens is 452 g/mol.